The average Bonchev–Trinajstić information content (AvgIpc) is 3.59. The van der Waals surface area contributed by atoms with Crippen LogP contribution in [-0.4, -0.2) is 71.8 Å². The van der Waals surface area contributed by atoms with E-state index in [4.69, 9.17) is 4.98 Å². The number of aromatic nitrogens is 8. The number of halogens is 1. The SMILES string of the molecule is Cc1ncc(-c2cc3c(-c4nc5c(-c6cc(F)cc(NCCN(C)C)c6)cncc5[nH]4)n[nH]c3cn2)n1C. The third-order valence-corrected chi connectivity index (χ3v) is 6.65. The van der Waals surface area contributed by atoms with E-state index in [-0.39, 0.29) is 5.82 Å². The van der Waals surface area contributed by atoms with E-state index >= 15 is 0 Å². The Morgan fingerprint density at radius 3 is 2.68 bits per heavy atom. The third-order valence-electron chi connectivity index (χ3n) is 6.65. The molecule has 10 nitrogen and oxygen atoms in total. The normalized spacial score (nSPS) is 11.7. The second kappa shape index (κ2) is 9.34. The van der Waals surface area contributed by atoms with Gasteiger partial charge in [-0.1, -0.05) is 0 Å². The molecule has 11 heteroatoms. The van der Waals surface area contributed by atoms with Gasteiger partial charge in [0.1, 0.15) is 17.3 Å². The van der Waals surface area contributed by atoms with Gasteiger partial charge in [0, 0.05) is 43.0 Å². The molecule has 0 spiro atoms. The molecule has 0 amide bonds. The van der Waals surface area contributed by atoms with Crippen molar-refractivity contribution in [1.29, 1.82) is 0 Å². The Labute approximate surface area is 218 Å². The van der Waals surface area contributed by atoms with Crippen LogP contribution < -0.4 is 5.32 Å². The summed E-state index contributed by atoms with van der Waals surface area (Å²) in [6.07, 6.45) is 6.99. The highest BCUT2D eigenvalue weighted by Gasteiger charge is 2.18. The molecule has 1 aromatic carbocycles. The zero-order chi connectivity index (χ0) is 26.4. The van der Waals surface area contributed by atoms with Crippen molar-refractivity contribution >= 4 is 27.6 Å². The van der Waals surface area contributed by atoms with Crippen LogP contribution in [0.5, 0.6) is 0 Å². The Bertz CT molecular complexity index is 1780. The lowest BCUT2D eigenvalue weighted by atomic mass is 10.1. The van der Waals surface area contributed by atoms with E-state index in [2.05, 4.69) is 40.3 Å². The van der Waals surface area contributed by atoms with Crippen molar-refractivity contribution in [3.63, 3.8) is 0 Å². The van der Waals surface area contributed by atoms with Gasteiger partial charge in [-0.2, -0.15) is 5.10 Å². The number of aromatic amines is 2. The number of benzene rings is 1. The van der Waals surface area contributed by atoms with Gasteiger partial charge in [-0.3, -0.25) is 15.1 Å². The number of likely N-dealkylation sites (N-methyl/N-ethyl adjacent to an activating group) is 1. The van der Waals surface area contributed by atoms with Crippen molar-refractivity contribution in [3.8, 4) is 34.0 Å². The molecule has 38 heavy (non-hydrogen) atoms. The van der Waals surface area contributed by atoms with Crippen LogP contribution in [0.15, 0.2) is 49.1 Å². The fraction of sp³-hybridized carbons (Fsp3) is 0.222. The molecular formula is C27H27FN10. The minimum atomic E-state index is -0.327. The number of hydrogen-bond acceptors (Lipinski definition) is 7. The number of imidazole rings is 2. The molecule has 5 aromatic heterocycles. The van der Waals surface area contributed by atoms with Crippen molar-refractivity contribution < 1.29 is 4.39 Å². The van der Waals surface area contributed by atoms with Crippen LogP contribution >= 0.6 is 0 Å². The summed E-state index contributed by atoms with van der Waals surface area (Å²) >= 11 is 0. The molecule has 0 radical (unpaired) electrons. The molecule has 0 atom stereocenters. The smallest absolute Gasteiger partial charge is 0.159 e. The Kier molecular flexibility index (Phi) is 5.84. The molecule has 0 aliphatic carbocycles. The number of aryl methyl sites for hydroxylation is 1. The standard InChI is InChI=1S/C27H27FN10/c1-15-31-14-24(38(15)4)21-10-19-22(13-32-21)35-36-26(19)27-33-23-12-29-11-20(25(23)34-27)16-7-17(28)9-18(8-16)30-5-6-37(2)3/h7-14,30H,5-6H2,1-4H3,(H,33,34)(H,35,36). The first-order valence-electron chi connectivity index (χ1n) is 12.2. The maximum atomic E-state index is 14.6. The summed E-state index contributed by atoms with van der Waals surface area (Å²) in [5.74, 6) is 1.16. The third kappa shape index (κ3) is 4.26. The summed E-state index contributed by atoms with van der Waals surface area (Å²) in [6, 6.07) is 6.89. The summed E-state index contributed by atoms with van der Waals surface area (Å²) < 4.78 is 16.6. The van der Waals surface area contributed by atoms with E-state index in [9.17, 15) is 4.39 Å². The van der Waals surface area contributed by atoms with Crippen LogP contribution in [0.4, 0.5) is 10.1 Å². The Hall–Kier alpha value is -4.64. The molecule has 0 unspecified atom stereocenters. The number of rotatable bonds is 7. The number of nitrogens with zero attached hydrogens (tertiary/aromatic N) is 7. The molecule has 6 aromatic rings. The minimum Gasteiger partial charge on any atom is -0.384 e. The highest BCUT2D eigenvalue weighted by Crippen LogP contribution is 2.33. The number of pyridine rings is 2. The van der Waals surface area contributed by atoms with Gasteiger partial charge < -0.3 is 19.8 Å². The van der Waals surface area contributed by atoms with Crippen molar-refractivity contribution in [2.45, 2.75) is 6.92 Å². The van der Waals surface area contributed by atoms with Crippen molar-refractivity contribution in [2.75, 3.05) is 32.5 Å². The highest BCUT2D eigenvalue weighted by molar-refractivity contribution is 5.97. The van der Waals surface area contributed by atoms with E-state index in [0.29, 0.717) is 34.8 Å². The number of fused-ring (bicyclic) bond motifs is 2. The maximum absolute atomic E-state index is 14.6. The minimum absolute atomic E-state index is 0.327. The van der Waals surface area contributed by atoms with Gasteiger partial charge >= 0.3 is 0 Å². The topological polar surface area (TPSA) is 116 Å². The van der Waals surface area contributed by atoms with Crippen molar-refractivity contribution in [2.24, 2.45) is 7.05 Å². The lowest BCUT2D eigenvalue weighted by molar-refractivity contribution is 0.425. The fourth-order valence-corrected chi connectivity index (χ4v) is 4.50. The first kappa shape index (κ1) is 23.7. The quantitative estimate of drug-likeness (QED) is 0.292. The summed E-state index contributed by atoms with van der Waals surface area (Å²) in [4.78, 5) is 23.7. The summed E-state index contributed by atoms with van der Waals surface area (Å²) in [6.45, 7) is 3.49. The Morgan fingerprint density at radius 1 is 1.03 bits per heavy atom. The van der Waals surface area contributed by atoms with Gasteiger partial charge in [-0.25, -0.2) is 14.4 Å². The zero-order valence-electron chi connectivity index (χ0n) is 21.5. The maximum Gasteiger partial charge on any atom is 0.159 e. The highest BCUT2D eigenvalue weighted by atomic mass is 19.1. The monoisotopic (exact) mass is 510 g/mol. The van der Waals surface area contributed by atoms with Gasteiger partial charge in [0.05, 0.1) is 46.5 Å². The molecular weight excluding hydrogens is 483 g/mol. The molecule has 6 rings (SSSR count). The first-order valence-corrected chi connectivity index (χ1v) is 12.2. The van der Waals surface area contributed by atoms with E-state index < -0.39 is 0 Å². The van der Waals surface area contributed by atoms with E-state index in [1.54, 1.807) is 18.6 Å². The molecule has 0 saturated carbocycles. The van der Waals surface area contributed by atoms with Gasteiger partial charge in [0.25, 0.3) is 0 Å². The Morgan fingerprint density at radius 2 is 1.89 bits per heavy atom. The summed E-state index contributed by atoms with van der Waals surface area (Å²) in [5, 5.41) is 11.7. The molecule has 0 bridgehead atoms. The lowest BCUT2D eigenvalue weighted by Crippen LogP contribution is -2.20. The number of nitrogens with one attached hydrogen (secondary N) is 3. The summed E-state index contributed by atoms with van der Waals surface area (Å²) in [7, 11) is 5.96. The van der Waals surface area contributed by atoms with Gasteiger partial charge in [0.2, 0.25) is 0 Å². The Balaban J connectivity index is 1.41. The molecule has 192 valence electrons. The van der Waals surface area contributed by atoms with Crippen LogP contribution in [-0.2, 0) is 7.05 Å². The van der Waals surface area contributed by atoms with Crippen LogP contribution in [0.2, 0.25) is 0 Å². The van der Waals surface area contributed by atoms with E-state index in [0.717, 1.165) is 45.7 Å². The molecule has 0 fully saturated rings. The van der Waals surface area contributed by atoms with Gasteiger partial charge in [-0.05, 0) is 50.8 Å². The van der Waals surface area contributed by atoms with E-state index in [1.807, 2.05) is 51.0 Å². The predicted octanol–water partition coefficient (Wildman–Crippen LogP) is 4.38. The number of H-pyrrole nitrogens is 2. The van der Waals surface area contributed by atoms with Crippen LogP contribution in [0, 0.1) is 12.7 Å². The average molecular weight is 511 g/mol. The van der Waals surface area contributed by atoms with Gasteiger partial charge in [-0.15, -0.1) is 0 Å². The summed E-state index contributed by atoms with van der Waals surface area (Å²) in [5.41, 5.74) is 6.70. The second-order valence-electron chi connectivity index (χ2n) is 9.56. The largest absolute Gasteiger partial charge is 0.384 e. The molecule has 0 aliphatic rings. The first-order chi connectivity index (χ1) is 18.4. The van der Waals surface area contributed by atoms with Crippen molar-refractivity contribution in [1.82, 2.24) is 44.6 Å². The number of anilines is 1. The number of hydrogen-bond donors (Lipinski definition) is 3. The molecule has 3 N–H and O–H groups in total. The molecule has 5 heterocycles. The van der Waals surface area contributed by atoms with Crippen molar-refractivity contribution in [3.05, 3.63) is 60.7 Å². The second-order valence-corrected chi connectivity index (χ2v) is 9.56. The zero-order valence-corrected chi connectivity index (χ0v) is 21.5. The van der Waals surface area contributed by atoms with E-state index in [1.165, 1.54) is 12.1 Å². The van der Waals surface area contributed by atoms with Crippen LogP contribution in [0.1, 0.15) is 5.82 Å². The van der Waals surface area contributed by atoms with Crippen LogP contribution in [0.3, 0.4) is 0 Å². The molecule has 0 saturated heterocycles. The predicted molar refractivity (Wildman–Crippen MR) is 146 cm³/mol. The molecule has 0 aliphatic heterocycles. The van der Waals surface area contributed by atoms with Gasteiger partial charge in [0.15, 0.2) is 5.82 Å². The lowest BCUT2D eigenvalue weighted by Gasteiger charge is -2.12. The fourth-order valence-electron chi connectivity index (χ4n) is 4.50. The van der Waals surface area contributed by atoms with Crippen LogP contribution in [0.25, 0.3) is 56.0 Å².